The van der Waals surface area contributed by atoms with Crippen LogP contribution < -0.4 is 0 Å². The number of likely N-dealkylation sites (tertiary alicyclic amines) is 1. The van der Waals surface area contributed by atoms with Gasteiger partial charge in [-0.15, -0.1) is 0 Å². The standard InChI is InChI=1S/C22H23FN4O/c1-26-15-18(16-9-11-24-12-10-16)22(25-26)20-8-4-5-13-27(20)21(28)14-17-6-2-3-7-19(17)23/h2-3,6-7,9-12,15,20H,4-5,8,13-14H2,1H3/t20-/m1/s1. The van der Waals surface area contributed by atoms with Crippen molar-refractivity contribution in [2.24, 2.45) is 7.05 Å². The summed E-state index contributed by atoms with van der Waals surface area (Å²) in [6.45, 7) is 0.671. The summed E-state index contributed by atoms with van der Waals surface area (Å²) in [5.41, 5.74) is 3.38. The fraction of sp³-hybridized carbons (Fsp3) is 0.318. The molecule has 1 fully saturated rings. The number of hydrogen-bond acceptors (Lipinski definition) is 3. The normalized spacial score (nSPS) is 16.9. The lowest BCUT2D eigenvalue weighted by molar-refractivity contribution is -0.134. The Bertz CT molecular complexity index is 970. The Morgan fingerprint density at radius 1 is 1.18 bits per heavy atom. The van der Waals surface area contributed by atoms with Crippen molar-refractivity contribution in [3.63, 3.8) is 0 Å². The molecule has 0 aliphatic carbocycles. The molecule has 2 aromatic heterocycles. The minimum atomic E-state index is -0.334. The second-order valence-electron chi connectivity index (χ2n) is 7.20. The smallest absolute Gasteiger partial charge is 0.227 e. The van der Waals surface area contributed by atoms with Crippen molar-refractivity contribution < 1.29 is 9.18 Å². The molecule has 3 aromatic rings. The van der Waals surface area contributed by atoms with Crippen molar-refractivity contribution in [2.75, 3.05) is 6.54 Å². The summed E-state index contributed by atoms with van der Waals surface area (Å²) in [6.07, 6.45) is 8.43. The molecule has 3 heterocycles. The molecule has 1 atom stereocenters. The zero-order valence-electron chi connectivity index (χ0n) is 15.9. The van der Waals surface area contributed by atoms with Gasteiger partial charge in [0.15, 0.2) is 0 Å². The number of rotatable bonds is 4. The van der Waals surface area contributed by atoms with Gasteiger partial charge < -0.3 is 4.90 Å². The van der Waals surface area contributed by atoms with Crippen LogP contribution in [0.25, 0.3) is 11.1 Å². The molecule has 28 heavy (non-hydrogen) atoms. The SMILES string of the molecule is Cn1cc(-c2ccncc2)c([C@H]2CCCCN2C(=O)Cc2ccccc2F)n1. The monoisotopic (exact) mass is 378 g/mol. The molecule has 4 rings (SSSR count). The van der Waals surface area contributed by atoms with Crippen LogP contribution in [0.2, 0.25) is 0 Å². The zero-order chi connectivity index (χ0) is 19.5. The highest BCUT2D eigenvalue weighted by Crippen LogP contribution is 2.36. The summed E-state index contributed by atoms with van der Waals surface area (Å²) in [4.78, 5) is 19.0. The number of benzene rings is 1. The topological polar surface area (TPSA) is 51.0 Å². The molecule has 0 N–H and O–H groups in total. The number of pyridine rings is 1. The molecule has 0 unspecified atom stereocenters. The van der Waals surface area contributed by atoms with Gasteiger partial charge in [-0.2, -0.15) is 5.10 Å². The lowest BCUT2D eigenvalue weighted by Gasteiger charge is -2.35. The number of carbonyl (C=O) groups is 1. The zero-order valence-corrected chi connectivity index (χ0v) is 15.9. The molecule has 1 aliphatic heterocycles. The molecule has 6 heteroatoms. The van der Waals surface area contributed by atoms with Gasteiger partial charge in [-0.1, -0.05) is 18.2 Å². The quantitative estimate of drug-likeness (QED) is 0.691. The maximum absolute atomic E-state index is 14.0. The predicted molar refractivity (Wildman–Crippen MR) is 105 cm³/mol. The van der Waals surface area contributed by atoms with Crippen molar-refractivity contribution >= 4 is 5.91 Å². The first-order valence-electron chi connectivity index (χ1n) is 9.60. The maximum atomic E-state index is 14.0. The van der Waals surface area contributed by atoms with Crippen molar-refractivity contribution in [1.29, 1.82) is 0 Å². The number of halogens is 1. The van der Waals surface area contributed by atoms with Crippen LogP contribution in [-0.4, -0.2) is 32.1 Å². The molecule has 5 nitrogen and oxygen atoms in total. The number of aryl methyl sites for hydroxylation is 1. The van der Waals surface area contributed by atoms with E-state index in [1.54, 1.807) is 35.3 Å². The van der Waals surface area contributed by atoms with Crippen molar-refractivity contribution in [3.05, 3.63) is 72.1 Å². The van der Waals surface area contributed by atoms with Crippen molar-refractivity contribution in [1.82, 2.24) is 19.7 Å². The fourth-order valence-corrected chi connectivity index (χ4v) is 3.93. The minimum Gasteiger partial charge on any atom is -0.334 e. The summed E-state index contributed by atoms with van der Waals surface area (Å²) in [5, 5.41) is 4.70. The third kappa shape index (κ3) is 3.67. The number of amides is 1. The van der Waals surface area contributed by atoms with E-state index in [0.717, 1.165) is 36.1 Å². The second kappa shape index (κ2) is 7.92. The molecule has 1 aromatic carbocycles. The second-order valence-corrected chi connectivity index (χ2v) is 7.20. The fourth-order valence-electron chi connectivity index (χ4n) is 3.93. The van der Waals surface area contributed by atoms with Crippen LogP contribution in [0.4, 0.5) is 4.39 Å². The van der Waals surface area contributed by atoms with Gasteiger partial charge in [-0.05, 0) is 48.6 Å². The predicted octanol–water partition coefficient (Wildman–Crippen LogP) is 3.92. The average molecular weight is 378 g/mol. The van der Waals surface area contributed by atoms with Gasteiger partial charge in [0.05, 0.1) is 18.2 Å². The summed E-state index contributed by atoms with van der Waals surface area (Å²) in [7, 11) is 1.89. The number of aromatic nitrogens is 3. The van der Waals surface area contributed by atoms with Crippen molar-refractivity contribution in [3.8, 4) is 11.1 Å². The lowest BCUT2D eigenvalue weighted by Crippen LogP contribution is -2.40. The first kappa shape index (κ1) is 18.3. The molecular formula is C22H23FN4O. The number of hydrogen-bond donors (Lipinski definition) is 0. The Labute approximate surface area is 163 Å². The highest BCUT2D eigenvalue weighted by molar-refractivity contribution is 5.80. The molecule has 1 amide bonds. The molecule has 0 bridgehead atoms. The van der Waals surface area contributed by atoms with Gasteiger partial charge in [0.2, 0.25) is 5.91 Å². The minimum absolute atomic E-state index is 0.0545. The summed E-state index contributed by atoms with van der Waals surface area (Å²) in [6, 6.07) is 10.3. The lowest BCUT2D eigenvalue weighted by atomic mass is 9.94. The first-order chi connectivity index (χ1) is 13.6. The van der Waals surface area contributed by atoms with Crippen LogP contribution in [0.3, 0.4) is 0 Å². The van der Waals surface area contributed by atoms with Gasteiger partial charge >= 0.3 is 0 Å². The van der Waals surface area contributed by atoms with E-state index in [1.807, 2.05) is 30.3 Å². The molecule has 0 saturated carbocycles. The van der Waals surface area contributed by atoms with Crippen LogP contribution in [-0.2, 0) is 18.3 Å². The van der Waals surface area contributed by atoms with Crippen molar-refractivity contribution in [2.45, 2.75) is 31.7 Å². The van der Waals surface area contributed by atoms with E-state index in [0.29, 0.717) is 12.1 Å². The highest BCUT2D eigenvalue weighted by atomic mass is 19.1. The van der Waals surface area contributed by atoms with E-state index in [1.165, 1.54) is 6.07 Å². The Morgan fingerprint density at radius 3 is 2.75 bits per heavy atom. The van der Waals surface area contributed by atoms with E-state index < -0.39 is 0 Å². The molecule has 0 spiro atoms. The van der Waals surface area contributed by atoms with E-state index >= 15 is 0 Å². The van der Waals surface area contributed by atoms with Crippen LogP contribution in [0.1, 0.15) is 36.6 Å². The van der Waals surface area contributed by atoms with Crippen LogP contribution in [0.5, 0.6) is 0 Å². The third-order valence-electron chi connectivity index (χ3n) is 5.29. The van der Waals surface area contributed by atoms with Crippen LogP contribution in [0.15, 0.2) is 55.0 Å². The first-order valence-corrected chi connectivity index (χ1v) is 9.60. The van der Waals surface area contributed by atoms with E-state index in [9.17, 15) is 9.18 Å². The van der Waals surface area contributed by atoms with Gasteiger partial charge in [0.25, 0.3) is 0 Å². The summed E-state index contributed by atoms with van der Waals surface area (Å²) >= 11 is 0. The van der Waals surface area contributed by atoms with E-state index in [2.05, 4.69) is 4.98 Å². The van der Waals surface area contributed by atoms with Gasteiger partial charge in [-0.25, -0.2) is 4.39 Å². The Morgan fingerprint density at radius 2 is 1.96 bits per heavy atom. The number of nitrogens with zero attached hydrogens (tertiary/aromatic N) is 4. The Kier molecular flexibility index (Phi) is 5.19. The van der Waals surface area contributed by atoms with Crippen LogP contribution in [0, 0.1) is 5.82 Å². The Balaban J connectivity index is 1.65. The van der Waals surface area contributed by atoms with Crippen LogP contribution >= 0.6 is 0 Å². The molecule has 144 valence electrons. The maximum Gasteiger partial charge on any atom is 0.227 e. The van der Waals surface area contributed by atoms with Gasteiger partial charge in [-0.3, -0.25) is 14.5 Å². The molecule has 1 aliphatic rings. The number of carbonyl (C=O) groups excluding carboxylic acids is 1. The Hall–Kier alpha value is -3.02. The molecule has 1 saturated heterocycles. The highest BCUT2D eigenvalue weighted by Gasteiger charge is 2.32. The third-order valence-corrected chi connectivity index (χ3v) is 5.29. The largest absolute Gasteiger partial charge is 0.334 e. The summed E-state index contributed by atoms with van der Waals surface area (Å²) < 4.78 is 15.8. The summed E-state index contributed by atoms with van der Waals surface area (Å²) in [5.74, 6) is -0.388. The van der Waals surface area contributed by atoms with E-state index in [-0.39, 0.29) is 24.2 Å². The average Bonchev–Trinajstić information content (AvgIpc) is 3.12. The van der Waals surface area contributed by atoms with Gasteiger partial charge in [0.1, 0.15) is 5.82 Å². The molecule has 0 radical (unpaired) electrons. The van der Waals surface area contributed by atoms with Gasteiger partial charge in [0, 0.05) is 37.7 Å². The van der Waals surface area contributed by atoms with E-state index in [4.69, 9.17) is 5.10 Å². The molecular weight excluding hydrogens is 355 g/mol. The number of piperidine rings is 1.